The minimum Gasteiger partial charge on any atom is -0.497 e. The highest BCUT2D eigenvalue weighted by molar-refractivity contribution is 7.99. The molecule has 4 heteroatoms. The third kappa shape index (κ3) is 8.07. The highest BCUT2D eigenvalue weighted by atomic mass is 32.2. The van der Waals surface area contributed by atoms with Gasteiger partial charge in [0.1, 0.15) is 5.75 Å². The van der Waals surface area contributed by atoms with Gasteiger partial charge in [0.05, 0.1) is 26.4 Å². The number of benzene rings is 2. The van der Waals surface area contributed by atoms with E-state index in [1.54, 1.807) is 24.9 Å². The Bertz CT molecular complexity index is 651. The van der Waals surface area contributed by atoms with Gasteiger partial charge in [0.2, 0.25) is 0 Å². The van der Waals surface area contributed by atoms with Gasteiger partial charge >= 0.3 is 0 Å². The molecular weight excluding hydrogens is 332 g/mol. The number of aliphatic hydroxyl groups excluding tert-OH is 1. The molecule has 3 nitrogen and oxygen atoms in total. The minimum absolute atomic E-state index is 0.273. The fourth-order valence-corrected chi connectivity index (χ4v) is 2.81. The van der Waals surface area contributed by atoms with Crippen molar-refractivity contribution < 1.29 is 14.6 Å². The van der Waals surface area contributed by atoms with Crippen molar-refractivity contribution in [3.8, 4) is 5.75 Å². The molecule has 0 heterocycles. The van der Waals surface area contributed by atoms with Crippen LogP contribution in [-0.4, -0.2) is 30.7 Å². The molecule has 0 radical (unpaired) electrons. The standard InChI is InChI=1S/C21H24O3S/c1-23-20-13-11-18(12-14-20)16-24-17-19(22)8-4-3-7-15-25-21-9-5-2-6-10-21/h2-14,19,22H,15-17H2,1H3/b7-3+,8-4+/t19-/m1/s1. The monoisotopic (exact) mass is 356 g/mol. The molecule has 0 unspecified atom stereocenters. The highest BCUT2D eigenvalue weighted by Crippen LogP contribution is 2.16. The quantitative estimate of drug-likeness (QED) is 0.503. The summed E-state index contributed by atoms with van der Waals surface area (Å²) >= 11 is 1.78. The Morgan fingerprint density at radius 2 is 1.80 bits per heavy atom. The molecule has 2 rings (SSSR count). The van der Waals surface area contributed by atoms with Gasteiger partial charge in [-0.3, -0.25) is 0 Å². The molecule has 0 aliphatic carbocycles. The number of hydrogen-bond acceptors (Lipinski definition) is 4. The van der Waals surface area contributed by atoms with Crippen LogP contribution in [0.15, 0.2) is 83.8 Å². The number of methoxy groups -OCH3 is 1. The Balaban J connectivity index is 1.59. The first-order valence-corrected chi connectivity index (χ1v) is 9.16. The van der Waals surface area contributed by atoms with Crippen LogP contribution < -0.4 is 4.74 Å². The van der Waals surface area contributed by atoms with E-state index in [2.05, 4.69) is 18.2 Å². The molecule has 0 saturated heterocycles. The zero-order valence-electron chi connectivity index (χ0n) is 14.4. The Morgan fingerprint density at radius 1 is 1.04 bits per heavy atom. The summed E-state index contributed by atoms with van der Waals surface area (Å²) in [6.45, 7) is 0.744. The summed E-state index contributed by atoms with van der Waals surface area (Å²) < 4.78 is 10.6. The molecule has 0 fully saturated rings. The van der Waals surface area contributed by atoms with E-state index in [0.29, 0.717) is 6.61 Å². The fraction of sp³-hybridized carbons (Fsp3) is 0.238. The first-order valence-electron chi connectivity index (χ1n) is 8.18. The van der Waals surface area contributed by atoms with Crippen LogP contribution in [0.4, 0.5) is 0 Å². The average molecular weight is 356 g/mol. The van der Waals surface area contributed by atoms with Gasteiger partial charge in [-0.05, 0) is 29.8 Å². The molecule has 1 atom stereocenters. The smallest absolute Gasteiger partial charge is 0.118 e. The maximum Gasteiger partial charge on any atom is 0.118 e. The van der Waals surface area contributed by atoms with Crippen LogP contribution in [0.1, 0.15) is 5.56 Å². The van der Waals surface area contributed by atoms with E-state index in [1.165, 1.54) is 4.90 Å². The lowest BCUT2D eigenvalue weighted by atomic mass is 10.2. The molecule has 0 saturated carbocycles. The van der Waals surface area contributed by atoms with E-state index < -0.39 is 6.10 Å². The largest absolute Gasteiger partial charge is 0.497 e. The van der Waals surface area contributed by atoms with Gasteiger partial charge in [0.25, 0.3) is 0 Å². The third-order valence-electron chi connectivity index (χ3n) is 3.39. The van der Waals surface area contributed by atoms with E-state index in [-0.39, 0.29) is 6.61 Å². The summed E-state index contributed by atoms with van der Waals surface area (Å²) in [5.41, 5.74) is 1.05. The Morgan fingerprint density at radius 3 is 2.52 bits per heavy atom. The zero-order valence-corrected chi connectivity index (χ0v) is 15.2. The van der Waals surface area contributed by atoms with Crippen LogP contribution in [0.25, 0.3) is 0 Å². The number of ether oxygens (including phenoxy) is 2. The second-order valence-electron chi connectivity index (χ2n) is 5.37. The van der Waals surface area contributed by atoms with E-state index in [4.69, 9.17) is 9.47 Å². The summed E-state index contributed by atoms with van der Waals surface area (Å²) in [7, 11) is 1.64. The number of thioether (sulfide) groups is 1. The first-order chi connectivity index (χ1) is 12.3. The average Bonchev–Trinajstić information content (AvgIpc) is 2.66. The van der Waals surface area contributed by atoms with Gasteiger partial charge in [-0.15, -0.1) is 11.8 Å². The maximum absolute atomic E-state index is 9.87. The summed E-state index contributed by atoms with van der Waals surface area (Å²) in [5.74, 6) is 1.72. The van der Waals surface area contributed by atoms with Crippen molar-refractivity contribution in [3.05, 3.63) is 84.5 Å². The van der Waals surface area contributed by atoms with E-state index in [1.807, 2.05) is 54.6 Å². The fourth-order valence-electron chi connectivity index (χ4n) is 2.06. The third-order valence-corrected chi connectivity index (χ3v) is 4.35. The zero-order chi connectivity index (χ0) is 17.7. The Kier molecular flexibility index (Phi) is 8.91. The second-order valence-corrected chi connectivity index (χ2v) is 6.46. The summed E-state index contributed by atoms with van der Waals surface area (Å²) in [6.07, 6.45) is 7.00. The van der Waals surface area contributed by atoms with Crippen LogP contribution >= 0.6 is 11.8 Å². The van der Waals surface area contributed by atoms with E-state index in [0.717, 1.165) is 17.1 Å². The maximum atomic E-state index is 9.87. The van der Waals surface area contributed by atoms with Gasteiger partial charge < -0.3 is 14.6 Å². The number of hydrogen-bond donors (Lipinski definition) is 1. The summed E-state index contributed by atoms with van der Waals surface area (Å²) in [6, 6.07) is 18.0. The van der Waals surface area contributed by atoms with Crippen molar-refractivity contribution in [3.63, 3.8) is 0 Å². The number of allylic oxidation sites excluding steroid dienone is 2. The molecule has 0 aliphatic heterocycles. The lowest BCUT2D eigenvalue weighted by Gasteiger charge is -2.07. The molecular formula is C21H24O3S. The molecule has 0 amide bonds. The molecule has 0 spiro atoms. The van der Waals surface area contributed by atoms with Crippen molar-refractivity contribution in [2.45, 2.75) is 17.6 Å². The van der Waals surface area contributed by atoms with Crippen LogP contribution in [0.5, 0.6) is 5.75 Å². The Hall–Kier alpha value is -2.01. The van der Waals surface area contributed by atoms with Crippen molar-refractivity contribution >= 4 is 11.8 Å². The molecule has 1 N–H and O–H groups in total. The molecule has 0 aromatic heterocycles. The molecule has 0 bridgehead atoms. The topological polar surface area (TPSA) is 38.7 Å². The lowest BCUT2D eigenvalue weighted by Crippen LogP contribution is -2.11. The van der Waals surface area contributed by atoms with E-state index in [9.17, 15) is 5.11 Å². The summed E-state index contributed by atoms with van der Waals surface area (Å²) in [4.78, 5) is 1.25. The minimum atomic E-state index is -0.607. The number of aliphatic hydroxyl groups is 1. The van der Waals surface area contributed by atoms with Crippen molar-refractivity contribution in [2.75, 3.05) is 19.5 Å². The molecule has 2 aromatic carbocycles. The Labute approximate surface area is 154 Å². The lowest BCUT2D eigenvalue weighted by molar-refractivity contribution is 0.0503. The number of rotatable bonds is 10. The normalized spacial score (nSPS) is 12.7. The second kappa shape index (κ2) is 11.5. The van der Waals surface area contributed by atoms with Gasteiger partial charge in [0, 0.05) is 10.6 Å². The van der Waals surface area contributed by atoms with Crippen molar-refractivity contribution in [1.29, 1.82) is 0 Å². The molecule has 25 heavy (non-hydrogen) atoms. The molecule has 2 aromatic rings. The van der Waals surface area contributed by atoms with Gasteiger partial charge in [-0.2, -0.15) is 0 Å². The summed E-state index contributed by atoms with van der Waals surface area (Å²) in [5, 5.41) is 9.87. The van der Waals surface area contributed by atoms with Crippen LogP contribution in [-0.2, 0) is 11.3 Å². The SMILES string of the molecule is COc1ccc(COC[C@H](O)/C=C/C=C/CSc2ccccc2)cc1. The van der Waals surface area contributed by atoms with E-state index >= 15 is 0 Å². The van der Waals surface area contributed by atoms with Gasteiger partial charge in [-0.25, -0.2) is 0 Å². The van der Waals surface area contributed by atoms with Crippen molar-refractivity contribution in [2.24, 2.45) is 0 Å². The van der Waals surface area contributed by atoms with Crippen molar-refractivity contribution in [1.82, 2.24) is 0 Å². The first kappa shape index (κ1) is 19.3. The molecule has 0 aliphatic rings. The van der Waals surface area contributed by atoms with Gasteiger partial charge in [-0.1, -0.05) is 54.6 Å². The highest BCUT2D eigenvalue weighted by Gasteiger charge is 2.00. The predicted molar refractivity (Wildman–Crippen MR) is 104 cm³/mol. The predicted octanol–water partition coefficient (Wildman–Crippen LogP) is 4.48. The van der Waals surface area contributed by atoms with Crippen LogP contribution in [0.2, 0.25) is 0 Å². The van der Waals surface area contributed by atoms with Gasteiger partial charge in [0.15, 0.2) is 0 Å². The molecule has 132 valence electrons. The van der Waals surface area contributed by atoms with Crippen LogP contribution in [0.3, 0.4) is 0 Å². The van der Waals surface area contributed by atoms with Crippen LogP contribution in [0, 0.1) is 0 Å².